The van der Waals surface area contributed by atoms with Crippen molar-refractivity contribution in [3.8, 4) is 0 Å². The van der Waals surface area contributed by atoms with Gasteiger partial charge in [-0.1, -0.05) is 42.5 Å². The minimum Gasteiger partial charge on any atom is -0.352 e. The lowest BCUT2D eigenvalue weighted by Crippen LogP contribution is -2.24. The first-order valence-corrected chi connectivity index (χ1v) is 6.86. The van der Waals surface area contributed by atoms with Crippen LogP contribution >= 0.6 is 11.6 Å². The van der Waals surface area contributed by atoms with Crippen molar-refractivity contribution in [2.75, 3.05) is 0 Å². The van der Waals surface area contributed by atoms with Crippen molar-refractivity contribution in [2.45, 2.75) is 18.8 Å². The molecule has 0 aromatic heterocycles. The topological polar surface area (TPSA) is 29.1 Å². The Labute approximate surface area is 122 Å². The molecule has 1 amide bonds. The van der Waals surface area contributed by atoms with E-state index < -0.39 is 0 Å². The average molecular weight is 292 g/mol. The number of carbonyl (C=O) groups excluding carboxylic acids is 1. The summed E-state index contributed by atoms with van der Waals surface area (Å²) in [5, 5.41) is 2.78. The number of hydrogen-bond donors (Lipinski definition) is 1. The largest absolute Gasteiger partial charge is 0.352 e. The minimum atomic E-state index is -0.355. The van der Waals surface area contributed by atoms with Crippen molar-refractivity contribution in [3.63, 3.8) is 0 Å². The normalized spacial score (nSPS) is 10.3. The van der Waals surface area contributed by atoms with E-state index in [0.29, 0.717) is 18.0 Å². The van der Waals surface area contributed by atoms with Crippen LogP contribution in [0, 0.1) is 5.82 Å². The Bertz CT molecular complexity index is 601. The molecule has 0 saturated heterocycles. The SMILES string of the molecule is O=C(Cc1ccccc1F)NCc1cccc(CCl)c1. The second kappa shape index (κ2) is 7.06. The lowest BCUT2D eigenvalue weighted by molar-refractivity contribution is -0.120. The van der Waals surface area contributed by atoms with Gasteiger partial charge < -0.3 is 5.32 Å². The predicted octanol–water partition coefficient (Wildman–Crippen LogP) is 3.42. The number of amides is 1. The zero-order valence-electron chi connectivity index (χ0n) is 10.9. The van der Waals surface area contributed by atoms with Gasteiger partial charge in [0.1, 0.15) is 5.82 Å². The van der Waals surface area contributed by atoms with Crippen LogP contribution in [0.1, 0.15) is 16.7 Å². The summed E-state index contributed by atoms with van der Waals surface area (Å²) < 4.78 is 13.4. The third kappa shape index (κ3) is 4.07. The van der Waals surface area contributed by atoms with Crippen LogP contribution in [0.4, 0.5) is 4.39 Å². The summed E-state index contributed by atoms with van der Waals surface area (Å²) in [7, 11) is 0. The maximum Gasteiger partial charge on any atom is 0.224 e. The molecular weight excluding hydrogens is 277 g/mol. The third-order valence-electron chi connectivity index (χ3n) is 2.94. The van der Waals surface area contributed by atoms with E-state index in [1.165, 1.54) is 6.07 Å². The molecule has 0 bridgehead atoms. The minimum absolute atomic E-state index is 0.0435. The van der Waals surface area contributed by atoms with Gasteiger partial charge in [-0.2, -0.15) is 0 Å². The molecule has 0 heterocycles. The molecule has 20 heavy (non-hydrogen) atoms. The molecule has 2 aromatic carbocycles. The summed E-state index contributed by atoms with van der Waals surface area (Å²) in [4.78, 5) is 11.8. The van der Waals surface area contributed by atoms with E-state index in [4.69, 9.17) is 11.6 Å². The van der Waals surface area contributed by atoms with Crippen LogP contribution in [0.3, 0.4) is 0 Å². The smallest absolute Gasteiger partial charge is 0.224 e. The van der Waals surface area contributed by atoms with Crippen LogP contribution in [0.5, 0.6) is 0 Å². The molecule has 0 spiro atoms. The highest BCUT2D eigenvalue weighted by molar-refractivity contribution is 6.17. The van der Waals surface area contributed by atoms with E-state index in [0.717, 1.165) is 11.1 Å². The highest BCUT2D eigenvalue weighted by Gasteiger charge is 2.07. The summed E-state index contributed by atoms with van der Waals surface area (Å²) in [5.74, 6) is -0.116. The monoisotopic (exact) mass is 291 g/mol. The molecule has 0 atom stereocenters. The number of rotatable bonds is 5. The zero-order chi connectivity index (χ0) is 14.4. The van der Waals surface area contributed by atoms with Gasteiger partial charge >= 0.3 is 0 Å². The Morgan fingerprint density at radius 3 is 2.60 bits per heavy atom. The van der Waals surface area contributed by atoms with Crippen LogP contribution in [0.25, 0.3) is 0 Å². The number of carbonyl (C=O) groups is 1. The molecule has 0 radical (unpaired) electrons. The van der Waals surface area contributed by atoms with Crippen LogP contribution in [0.2, 0.25) is 0 Å². The molecule has 2 rings (SSSR count). The highest BCUT2D eigenvalue weighted by atomic mass is 35.5. The quantitative estimate of drug-likeness (QED) is 0.840. The molecule has 0 unspecified atom stereocenters. The van der Waals surface area contributed by atoms with E-state index in [1.807, 2.05) is 24.3 Å². The summed E-state index contributed by atoms with van der Waals surface area (Å²) in [6.07, 6.45) is 0.0435. The Kier molecular flexibility index (Phi) is 5.13. The lowest BCUT2D eigenvalue weighted by atomic mass is 10.1. The molecule has 2 aromatic rings. The molecule has 0 fully saturated rings. The molecule has 0 aliphatic carbocycles. The van der Waals surface area contributed by atoms with E-state index in [9.17, 15) is 9.18 Å². The lowest BCUT2D eigenvalue weighted by Gasteiger charge is -2.07. The van der Waals surface area contributed by atoms with Crippen molar-refractivity contribution in [1.82, 2.24) is 5.32 Å². The molecule has 2 nitrogen and oxygen atoms in total. The van der Waals surface area contributed by atoms with E-state index in [1.54, 1.807) is 18.2 Å². The van der Waals surface area contributed by atoms with Gasteiger partial charge in [0, 0.05) is 12.4 Å². The third-order valence-corrected chi connectivity index (χ3v) is 3.25. The van der Waals surface area contributed by atoms with Gasteiger partial charge in [0.05, 0.1) is 6.42 Å². The van der Waals surface area contributed by atoms with Gasteiger partial charge in [-0.25, -0.2) is 4.39 Å². The second-order valence-corrected chi connectivity index (χ2v) is 4.77. The fourth-order valence-corrected chi connectivity index (χ4v) is 2.07. The number of nitrogens with one attached hydrogen (secondary N) is 1. The van der Waals surface area contributed by atoms with Crippen LogP contribution in [-0.4, -0.2) is 5.91 Å². The summed E-state index contributed by atoms with van der Waals surface area (Å²) >= 11 is 5.76. The highest BCUT2D eigenvalue weighted by Crippen LogP contribution is 2.09. The van der Waals surface area contributed by atoms with Gasteiger partial charge in [0.15, 0.2) is 0 Å². The van der Waals surface area contributed by atoms with E-state index in [2.05, 4.69) is 5.32 Å². The van der Waals surface area contributed by atoms with Gasteiger partial charge in [-0.3, -0.25) is 4.79 Å². The van der Waals surface area contributed by atoms with Crippen molar-refractivity contribution in [3.05, 3.63) is 71.0 Å². The molecule has 1 N–H and O–H groups in total. The van der Waals surface area contributed by atoms with Crippen molar-refractivity contribution < 1.29 is 9.18 Å². The average Bonchev–Trinajstić information content (AvgIpc) is 2.48. The van der Waals surface area contributed by atoms with Crippen LogP contribution < -0.4 is 5.32 Å². The van der Waals surface area contributed by atoms with Crippen molar-refractivity contribution in [2.24, 2.45) is 0 Å². The molecule has 0 aliphatic rings. The molecule has 4 heteroatoms. The standard InChI is InChI=1S/C16H15ClFNO/c17-10-12-4-3-5-13(8-12)11-19-16(20)9-14-6-1-2-7-15(14)18/h1-8H,9-11H2,(H,19,20). The van der Waals surface area contributed by atoms with Gasteiger partial charge in [-0.15, -0.1) is 11.6 Å². The van der Waals surface area contributed by atoms with E-state index in [-0.39, 0.29) is 18.1 Å². The second-order valence-electron chi connectivity index (χ2n) is 4.50. The first-order chi connectivity index (χ1) is 9.69. The number of benzene rings is 2. The Morgan fingerprint density at radius 1 is 1.10 bits per heavy atom. The zero-order valence-corrected chi connectivity index (χ0v) is 11.7. The van der Waals surface area contributed by atoms with Crippen LogP contribution in [-0.2, 0) is 23.6 Å². The maximum absolute atomic E-state index is 13.4. The maximum atomic E-state index is 13.4. The van der Waals surface area contributed by atoms with Gasteiger partial charge in [0.25, 0.3) is 0 Å². The first kappa shape index (κ1) is 14.5. The van der Waals surface area contributed by atoms with Crippen molar-refractivity contribution in [1.29, 1.82) is 0 Å². The van der Waals surface area contributed by atoms with Crippen LogP contribution in [0.15, 0.2) is 48.5 Å². The summed E-state index contributed by atoms with van der Waals surface area (Å²) in [6, 6.07) is 14.0. The summed E-state index contributed by atoms with van der Waals surface area (Å²) in [5.41, 5.74) is 2.39. The molecular formula is C16H15ClFNO. The number of halogens is 2. The fourth-order valence-electron chi connectivity index (χ4n) is 1.90. The fraction of sp³-hybridized carbons (Fsp3) is 0.188. The Hall–Kier alpha value is -1.87. The molecule has 0 saturated carbocycles. The Morgan fingerprint density at radius 2 is 1.85 bits per heavy atom. The van der Waals surface area contributed by atoms with E-state index >= 15 is 0 Å². The summed E-state index contributed by atoms with van der Waals surface area (Å²) in [6.45, 7) is 0.415. The van der Waals surface area contributed by atoms with Crippen molar-refractivity contribution >= 4 is 17.5 Å². The number of alkyl halides is 1. The number of hydrogen-bond acceptors (Lipinski definition) is 1. The first-order valence-electron chi connectivity index (χ1n) is 6.33. The molecule has 104 valence electrons. The van der Waals surface area contributed by atoms with Gasteiger partial charge in [-0.05, 0) is 22.8 Å². The van der Waals surface area contributed by atoms with Gasteiger partial charge in [0.2, 0.25) is 5.91 Å². The molecule has 0 aliphatic heterocycles. The predicted molar refractivity (Wildman–Crippen MR) is 77.9 cm³/mol. The Balaban J connectivity index is 1.90.